The Kier molecular flexibility index (Phi) is 4.20. The number of hydrazone groups is 1. The van der Waals surface area contributed by atoms with Gasteiger partial charge in [-0.25, -0.2) is 10.1 Å². The van der Waals surface area contributed by atoms with E-state index in [1.807, 2.05) is 19.1 Å². The second-order valence-corrected chi connectivity index (χ2v) is 4.98. The lowest BCUT2D eigenvalue weighted by Gasteiger charge is -2.01. The third-order valence-corrected chi connectivity index (χ3v) is 3.11. The van der Waals surface area contributed by atoms with E-state index in [9.17, 15) is 5.11 Å². The number of hydrogen-bond donors (Lipinski definition) is 3. The molecule has 4 N–H and O–H groups in total. The topological polar surface area (TPSA) is 101 Å². The van der Waals surface area contributed by atoms with Gasteiger partial charge in [-0.15, -0.1) is 10.2 Å². The molecule has 0 aliphatic rings. The number of nitrogens with zero attached hydrogens (tertiary/aromatic N) is 4. The molecule has 2 aromatic rings. The van der Waals surface area contributed by atoms with E-state index >= 15 is 0 Å². The summed E-state index contributed by atoms with van der Waals surface area (Å²) in [6, 6.07) is 5.24. The summed E-state index contributed by atoms with van der Waals surface area (Å²) in [6.45, 7) is 1.93. The van der Waals surface area contributed by atoms with Gasteiger partial charge in [0.05, 0.1) is 6.21 Å². The van der Waals surface area contributed by atoms with Crippen molar-refractivity contribution in [2.24, 2.45) is 5.10 Å². The van der Waals surface area contributed by atoms with Crippen LogP contribution in [0.25, 0.3) is 0 Å². The number of benzene rings is 1. The molecule has 0 unspecified atom stereocenters. The number of phenolic OH excluding ortho intramolecular Hbond substituents is 1. The number of aryl methyl sites for hydroxylation is 1. The smallest absolute Gasteiger partial charge is 0.263 e. The molecule has 100 valence electrons. The molecular formula is C11H13IN6O. The van der Waals surface area contributed by atoms with E-state index in [2.05, 4.69) is 43.3 Å². The fraction of sp³-hybridized carbons (Fsp3) is 0.182. The van der Waals surface area contributed by atoms with Crippen molar-refractivity contribution in [3.63, 3.8) is 0 Å². The van der Waals surface area contributed by atoms with Gasteiger partial charge >= 0.3 is 0 Å². The van der Waals surface area contributed by atoms with Crippen LogP contribution in [0.4, 0.5) is 5.95 Å². The lowest BCUT2D eigenvalue weighted by Crippen LogP contribution is -2.14. The highest BCUT2D eigenvalue weighted by atomic mass is 127. The maximum absolute atomic E-state index is 9.65. The highest BCUT2D eigenvalue weighted by molar-refractivity contribution is 14.1. The van der Waals surface area contributed by atoms with Crippen LogP contribution in [0.2, 0.25) is 0 Å². The summed E-state index contributed by atoms with van der Waals surface area (Å²) >= 11 is 2.16. The van der Waals surface area contributed by atoms with Gasteiger partial charge in [-0.05, 0) is 40.8 Å². The van der Waals surface area contributed by atoms with Gasteiger partial charge in [-0.3, -0.25) is 0 Å². The molecule has 1 aromatic carbocycles. The molecule has 7 nitrogen and oxygen atoms in total. The summed E-state index contributed by atoms with van der Waals surface area (Å²) < 4.78 is 2.35. The van der Waals surface area contributed by atoms with E-state index in [-0.39, 0.29) is 5.75 Å². The molecular weight excluding hydrogens is 359 g/mol. The molecule has 0 aliphatic heterocycles. The predicted molar refractivity (Wildman–Crippen MR) is 81.6 cm³/mol. The van der Waals surface area contributed by atoms with Gasteiger partial charge in [-0.2, -0.15) is 5.10 Å². The number of nitrogens with two attached hydrogens (primary N) is 1. The number of nitrogens with one attached hydrogen (secondary N) is 1. The van der Waals surface area contributed by atoms with Gasteiger partial charge < -0.3 is 10.9 Å². The molecule has 0 radical (unpaired) electrons. The van der Waals surface area contributed by atoms with E-state index in [0.29, 0.717) is 23.8 Å². The Bertz CT molecular complexity index is 609. The Balaban J connectivity index is 2.11. The first-order valence-corrected chi connectivity index (χ1v) is 6.66. The number of nitrogen functional groups attached to an aromatic ring is 1. The van der Waals surface area contributed by atoms with Gasteiger partial charge in [0.25, 0.3) is 5.95 Å². The molecule has 0 saturated heterocycles. The lowest BCUT2D eigenvalue weighted by molar-refractivity contribution is 0.474. The molecule has 0 saturated carbocycles. The lowest BCUT2D eigenvalue weighted by atomic mass is 10.2. The van der Waals surface area contributed by atoms with Crippen molar-refractivity contribution >= 4 is 34.8 Å². The molecule has 0 amide bonds. The van der Waals surface area contributed by atoms with Crippen LogP contribution < -0.4 is 11.3 Å². The average Bonchev–Trinajstić information content (AvgIpc) is 2.75. The number of hydrogen-bond acceptors (Lipinski definition) is 6. The van der Waals surface area contributed by atoms with Gasteiger partial charge in [-0.1, -0.05) is 6.92 Å². The van der Waals surface area contributed by atoms with Crippen LogP contribution in [0.5, 0.6) is 5.75 Å². The van der Waals surface area contributed by atoms with Crippen LogP contribution in [-0.2, 0) is 6.42 Å². The van der Waals surface area contributed by atoms with Crippen LogP contribution in [0.15, 0.2) is 23.3 Å². The standard InChI is InChI=1S/C11H13IN6O/c1-2-10-15-17-11(18(10)13)16-14-6-7-5-8(12)3-4-9(7)19/h3-6,19H,2,13H2,1H3,(H,16,17). The summed E-state index contributed by atoms with van der Waals surface area (Å²) in [4.78, 5) is 0. The van der Waals surface area contributed by atoms with Gasteiger partial charge in [0.2, 0.25) is 0 Å². The fourth-order valence-corrected chi connectivity index (χ4v) is 1.94. The normalized spacial score (nSPS) is 11.1. The largest absolute Gasteiger partial charge is 0.507 e. The zero-order valence-electron chi connectivity index (χ0n) is 10.2. The van der Waals surface area contributed by atoms with Crippen LogP contribution >= 0.6 is 22.6 Å². The van der Waals surface area contributed by atoms with Gasteiger partial charge in [0, 0.05) is 15.6 Å². The summed E-state index contributed by atoms with van der Waals surface area (Å²) in [7, 11) is 0. The highest BCUT2D eigenvalue weighted by Crippen LogP contribution is 2.17. The van der Waals surface area contributed by atoms with Gasteiger partial charge in [0.1, 0.15) is 5.75 Å². The van der Waals surface area contributed by atoms with Crippen molar-refractivity contribution in [3.8, 4) is 5.75 Å². The first-order valence-electron chi connectivity index (χ1n) is 5.58. The Hall–Kier alpha value is -1.84. The number of anilines is 1. The highest BCUT2D eigenvalue weighted by Gasteiger charge is 2.06. The molecule has 1 heterocycles. The third kappa shape index (κ3) is 3.13. The number of phenols is 1. The van der Waals surface area contributed by atoms with E-state index < -0.39 is 0 Å². The van der Waals surface area contributed by atoms with Crippen LogP contribution in [0, 0.1) is 3.57 Å². The molecule has 1 aromatic heterocycles. The summed E-state index contributed by atoms with van der Waals surface area (Å²) in [5.41, 5.74) is 3.29. The Labute approximate surface area is 123 Å². The molecule has 19 heavy (non-hydrogen) atoms. The molecule has 0 bridgehead atoms. The summed E-state index contributed by atoms with van der Waals surface area (Å²) in [5, 5.41) is 21.4. The number of aromatic hydroxyl groups is 1. The second kappa shape index (κ2) is 5.87. The molecule has 0 atom stereocenters. The minimum Gasteiger partial charge on any atom is -0.507 e. The van der Waals surface area contributed by atoms with Crippen LogP contribution in [0.3, 0.4) is 0 Å². The number of rotatable bonds is 4. The quantitative estimate of drug-likeness (QED) is 0.325. The number of halogens is 1. The van der Waals surface area contributed by atoms with Crippen molar-refractivity contribution in [3.05, 3.63) is 33.2 Å². The first-order chi connectivity index (χ1) is 9.11. The Morgan fingerprint density at radius 2 is 2.32 bits per heavy atom. The maximum atomic E-state index is 9.65. The number of aromatic nitrogens is 3. The van der Waals surface area contributed by atoms with Crippen molar-refractivity contribution < 1.29 is 5.11 Å². The van der Waals surface area contributed by atoms with Gasteiger partial charge in [0.15, 0.2) is 5.82 Å². The fourth-order valence-electron chi connectivity index (χ4n) is 1.43. The van der Waals surface area contributed by atoms with E-state index in [1.54, 1.807) is 6.07 Å². The second-order valence-electron chi connectivity index (χ2n) is 3.74. The molecule has 2 rings (SSSR count). The molecule has 0 spiro atoms. The zero-order chi connectivity index (χ0) is 13.8. The van der Waals surface area contributed by atoms with Crippen molar-refractivity contribution in [2.75, 3.05) is 11.3 Å². The zero-order valence-corrected chi connectivity index (χ0v) is 12.4. The SMILES string of the molecule is CCc1nnc(NN=Cc2cc(I)ccc2O)n1N. The Morgan fingerprint density at radius 1 is 1.53 bits per heavy atom. The molecule has 0 aliphatic carbocycles. The maximum Gasteiger partial charge on any atom is 0.263 e. The van der Waals surface area contributed by atoms with Crippen LogP contribution in [-0.4, -0.2) is 26.2 Å². The molecule has 0 fully saturated rings. The Morgan fingerprint density at radius 3 is 3.00 bits per heavy atom. The summed E-state index contributed by atoms with van der Waals surface area (Å²) in [5.74, 6) is 6.92. The van der Waals surface area contributed by atoms with E-state index in [0.717, 1.165) is 3.57 Å². The summed E-state index contributed by atoms with van der Waals surface area (Å²) in [6.07, 6.45) is 2.18. The average molecular weight is 372 g/mol. The van der Waals surface area contributed by atoms with E-state index in [4.69, 9.17) is 5.84 Å². The minimum absolute atomic E-state index is 0.162. The monoisotopic (exact) mass is 372 g/mol. The first kappa shape index (κ1) is 13.6. The molecule has 8 heteroatoms. The predicted octanol–water partition coefficient (Wildman–Crippen LogP) is 1.31. The third-order valence-electron chi connectivity index (χ3n) is 2.44. The van der Waals surface area contributed by atoms with Crippen LogP contribution in [0.1, 0.15) is 18.3 Å². The van der Waals surface area contributed by atoms with Crippen molar-refractivity contribution in [1.82, 2.24) is 14.9 Å². The van der Waals surface area contributed by atoms with Crippen molar-refractivity contribution in [2.45, 2.75) is 13.3 Å². The van der Waals surface area contributed by atoms with Crippen molar-refractivity contribution in [1.29, 1.82) is 0 Å². The minimum atomic E-state index is 0.162. The van der Waals surface area contributed by atoms with E-state index in [1.165, 1.54) is 10.9 Å².